The Balaban J connectivity index is 3.26. The molecule has 0 spiro atoms. The topological polar surface area (TPSA) is 17.1 Å². The zero-order valence-electron chi connectivity index (χ0n) is 5.35. The average Bonchev–Trinajstić information content (AvgIpc) is 1.59. The van der Waals surface area contributed by atoms with Crippen molar-refractivity contribution in [3.05, 3.63) is 0 Å². The normalized spacial score (nSPS) is 17.9. The Morgan fingerprint density at radius 1 is 1.62 bits per heavy atom. The molecule has 50 valence electrons. The van der Waals surface area contributed by atoms with E-state index in [1.807, 2.05) is 0 Å². The Morgan fingerprint density at radius 2 is 2.12 bits per heavy atom. The summed E-state index contributed by atoms with van der Waals surface area (Å²) in [4.78, 5) is 0. The number of halogens is 1. The molecule has 0 bridgehead atoms. The van der Waals surface area contributed by atoms with E-state index >= 15 is 0 Å². The molecule has 0 radical (unpaired) electrons. The van der Waals surface area contributed by atoms with Crippen LogP contribution in [0.5, 0.6) is 0 Å². The largest absolute Gasteiger partial charge is 0.312 e. The summed E-state index contributed by atoms with van der Waals surface area (Å²) in [6.45, 7) is 3.87. The highest BCUT2D eigenvalue weighted by Crippen LogP contribution is 2.50. The van der Waals surface area contributed by atoms with Crippen molar-refractivity contribution in [2.24, 2.45) is 0 Å². The number of hydrogen-bond acceptors (Lipinski definition) is 1. The minimum atomic E-state index is -1.87. The Bertz CT molecular complexity index is 96.6. The van der Waals surface area contributed by atoms with Gasteiger partial charge in [-0.1, -0.05) is 13.3 Å². The molecule has 0 aliphatic carbocycles. The van der Waals surface area contributed by atoms with Crippen LogP contribution in [-0.4, -0.2) is 12.8 Å². The second-order valence-corrected chi connectivity index (χ2v) is 8.98. The van der Waals surface area contributed by atoms with Gasteiger partial charge in [0, 0.05) is 6.16 Å². The minimum absolute atomic E-state index is 0.837. The van der Waals surface area contributed by atoms with E-state index in [0.29, 0.717) is 0 Å². The van der Waals surface area contributed by atoms with Gasteiger partial charge in [-0.2, -0.15) is 0 Å². The lowest BCUT2D eigenvalue weighted by atomic mass is 10.4. The molecule has 0 aliphatic rings. The molecular weight excluding hydrogens is 187 g/mol. The quantitative estimate of drug-likeness (QED) is 0.638. The van der Waals surface area contributed by atoms with Crippen LogP contribution in [-0.2, 0) is 4.57 Å². The minimum Gasteiger partial charge on any atom is -0.312 e. The molecule has 0 saturated heterocycles. The zero-order valence-corrected chi connectivity index (χ0v) is 7.84. The Kier molecular flexibility index (Phi) is 4.01. The van der Waals surface area contributed by atoms with Gasteiger partial charge in [0.25, 0.3) is 0 Å². The van der Waals surface area contributed by atoms with Crippen molar-refractivity contribution in [3.8, 4) is 0 Å². The predicted octanol–water partition coefficient (Wildman–Crippen LogP) is 3.09. The SMILES string of the molecule is CCCCP(C)(=O)Br. The summed E-state index contributed by atoms with van der Waals surface area (Å²) in [7, 11) is 0. The van der Waals surface area contributed by atoms with E-state index in [2.05, 4.69) is 22.4 Å². The van der Waals surface area contributed by atoms with E-state index in [0.717, 1.165) is 19.0 Å². The Labute approximate surface area is 59.0 Å². The molecule has 0 rings (SSSR count). The van der Waals surface area contributed by atoms with E-state index in [9.17, 15) is 4.57 Å². The summed E-state index contributed by atoms with van der Waals surface area (Å²) in [5, 5.41) is 0. The molecule has 0 fully saturated rings. The molecule has 0 N–H and O–H groups in total. The van der Waals surface area contributed by atoms with Crippen molar-refractivity contribution in [1.82, 2.24) is 0 Å². The van der Waals surface area contributed by atoms with Gasteiger partial charge in [-0.05, 0) is 28.6 Å². The molecule has 1 nitrogen and oxygen atoms in total. The fourth-order valence-electron chi connectivity index (χ4n) is 0.441. The smallest absolute Gasteiger partial charge is 0.145 e. The molecule has 8 heavy (non-hydrogen) atoms. The third kappa shape index (κ3) is 6.71. The fraction of sp³-hybridized carbons (Fsp3) is 1.00. The van der Waals surface area contributed by atoms with Crippen LogP contribution in [0.2, 0.25) is 0 Å². The molecule has 0 saturated carbocycles. The lowest BCUT2D eigenvalue weighted by Gasteiger charge is -1.99. The third-order valence-corrected chi connectivity index (χ3v) is 3.09. The van der Waals surface area contributed by atoms with Crippen molar-refractivity contribution in [2.45, 2.75) is 19.8 Å². The van der Waals surface area contributed by atoms with Crippen molar-refractivity contribution in [1.29, 1.82) is 0 Å². The van der Waals surface area contributed by atoms with Gasteiger partial charge >= 0.3 is 0 Å². The number of unbranched alkanes of at least 4 members (excludes halogenated alkanes) is 1. The zero-order chi connectivity index (χ0) is 6.62. The van der Waals surface area contributed by atoms with Crippen LogP contribution in [0.25, 0.3) is 0 Å². The van der Waals surface area contributed by atoms with Crippen molar-refractivity contribution in [2.75, 3.05) is 12.8 Å². The van der Waals surface area contributed by atoms with Gasteiger partial charge in [0.05, 0.1) is 0 Å². The summed E-state index contributed by atoms with van der Waals surface area (Å²) in [5.41, 5.74) is 0. The van der Waals surface area contributed by atoms with Crippen LogP contribution in [0.4, 0.5) is 0 Å². The van der Waals surface area contributed by atoms with Gasteiger partial charge in [0.1, 0.15) is 5.84 Å². The van der Waals surface area contributed by atoms with Crippen LogP contribution in [0.15, 0.2) is 0 Å². The van der Waals surface area contributed by atoms with Crippen LogP contribution in [0.3, 0.4) is 0 Å². The molecule has 0 heterocycles. The first kappa shape index (κ1) is 8.71. The van der Waals surface area contributed by atoms with Crippen LogP contribution < -0.4 is 0 Å². The van der Waals surface area contributed by atoms with Crippen molar-refractivity contribution < 1.29 is 4.57 Å². The summed E-state index contributed by atoms with van der Waals surface area (Å²) in [6.07, 6.45) is 3.03. The second kappa shape index (κ2) is 3.68. The maximum Gasteiger partial charge on any atom is 0.145 e. The monoisotopic (exact) mass is 198 g/mol. The van der Waals surface area contributed by atoms with Crippen molar-refractivity contribution >= 4 is 21.3 Å². The highest BCUT2D eigenvalue weighted by Gasteiger charge is 2.06. The van der Waals surface area contributed by atoms with Crippen LogP contribution >= 0.6 is 21.3 Å². The predicted molar refractivity (Wildman–Crippen MR) is 42.2 cm³/mol. The van der Waals surface area contributed by atoms with Gasteiger partial charge in [-0.25, -0.2) is 0 Å². The average molecular weight is 199 g/mol. The fourth-order valence-corrected chi connectivity index (χ4v) is 2.07. The van der Waals surface area contributed by atoms with E-state index in [-0.39, 0.29) is 0 Å². The van der Waals surface area contributed by atoms with Gasteiger partial charge < -0.3 is 4.57 Å². The molecule has 1 unspecified atom stereocenters. The van der Waals surface area contributed by atoms with E-state index in [1.54, 1.807) is 6.66 Å². The van der Waals surface area contributed by atoms with Crippen molar-refractivity contribution in [3.63, 3.8) is 0 Å². The lowest BCUT2D eigenvalue weighted by molar-refractivity contribution is 0.587. The molecule has 3 heteroatoms. The Morgan fingerprint density at radius 3 is 2.25 bits per heavy atom. The molecule has 0 aromatic heterocycles. The maximum atomic E-state index is 10.9. The molecule has 0 amide bonds. The second-order valence-electron chi connectivity index (χ2n) is 2.06. The van der Waals surface area contributed by atoms with Gasteiger partial charge in [-0.3, -0.25) is 0 Å². The maximum absolute atomic E-state index is 10.9. The molecule has 0 aromatic carbocycles. The number of hydrogen-bond donors (Lipinski definition) is 0. The molecular formula is C5H12BrOP. The standard InChI is InChI=1S/C5H12BrOP/c1-3-4-5-8(2,6)7/h3-5H2,1-2H3. The highest BCUT2D eigenvalue weighted by molar-refractivity contribution is 9.40. The first-order chi connectivity index (χ1) is 3.56. The summed E-state index contributed by atoms with van der Waals surface area (Å²) in [5.74, 6) is -1.87. The molecule has 0 aromatic rings. The lowest BCUT2D eigenvalue weighted by Crippen LogP contribution is -1.78. The summed E-state index contributed by atoms with van der Waals surface area (Å²) < 4.78 is 10.9. The first-order valence-electron chi connectivity index (χ1n) is 2.82. The number of rotatable bonds is 3. The van der Waals surface area contributed by atoms with E-state index < -0.39 is 5.84 Å². The van der Waals surface area contributed by atoms with Gasteiger partial charge in [0.2, 0.25) is 0 Å². The summed E-state index contributed by atoms with van der Waals surface area (Å²) in [6, 6.07) is 0. The molecule has 1 atom stereocenters. The van der Waals surface area contributed by atoms with E-state index in [4.69, 9.17) is 0 Å². The van der Waals surface area contributed by atoms with Gasteiger partial charge in [0.15, 0.2) is 0 Å². The highest BCUT2D eigenvalue weighted by atomic mass is 79.9. The first-order valence-corrected chi connectivity index (χ1v) is 7.18. The van der Waals surface area contributed by atoms with E-state index in [1.165, 1.54) is 0 Å². The van der Waals surface area contributed by atoms with Gasteiger partial charge in [-0.15, -0.1) is 0 Å². The molecule has 0 aliphatic heterocycles. The van der Waals surface area contributed by atoms with Crippen LogP contribution in [0.1, 0.15) is 19.8 Å². The third-order valence-electron chi connectivity index (χ3n) is 0.911. The van der Waals surface area contributed by atoms with Crippen LogP contribution in [0, 0.1) is 0 Å². The Hall–Kier alpha value is 0.710. The summed E-state index contributed by atoms with van der Waals surface area (Å²) >= 11 is 3.14.